The molecule has 0 saturated carbocycles. The average molecular weight is 941 g/mol. The van der Waals surface area contributed by atoms with E-state index in [1.165, 1.54) is 16.9 Å². The molecule has 0 unspecified atom stereocenters. The van der Waals surface area contributed by atoms with E-state index in [1.807, 2.05) is 125 Å². The Bertz CT molecular complexity index is 2470. The summed E-state index contributed by atoms with van der Waals surface area (Å²) in [6.45, 7) is 10.5. The van der Waals surface area contributed by atoms with Crippen LogP contribution in [0.3, 0.4) is 0 Å². The molecule has 4 N–H and O–H groups in total. The van der Waals surface area contributed by atoms with E-state index in [-0.39, 0.29) is 49.3 Å². The molecule has 0 bridgehead atoms. The molecule has 4 aromatic rings. The summed E-state index contributed by atoms with van der Waals surface area (Å²) in [7, 11) is 1.26. The molecule has 6 amide bonds. The lowest BCUT2D eigenvalue weighted by molar-refractivity contribution is -0.167. The average Bonchev–Trinajstić information content (AvgIpc) is 3.65. The number of β-lactam (4-membered cyclic amide) rings is 2. The normalized spacial score (nSPS) is 20.1. The van der Waals surface area contributed by atoms with Crippen LogP contribution in [0, 0.1) is 23.7 Å². The highest BCUT2D eigenvalue weighted by atomic mass is 16.5. The minimum atomic E-state index is -1.04. The molecule has 0 radical (unpaired) electrons. The summed E-state index contributed by atoms with van der Waals surface area (Å²) >= 11 is 0. The van der Waals surface area contributed by atoms with Crippen LogP contribution in [0.1, 0.15) is 94.6 Å². The number of ether oxygens (including phenoxy) is 2. The standard InChI is InChI=1S/C54H64N6O9/c1-31(2)26-42(58-51(64)34(6)56-54(67)69-30-41-39-24-16-14-22-37(39)38-23-15-17-25-40(38)41)46-48(35-18-10-8-11-19-35)59(52(46)65)28-44(61)55-33(5)50(63)57-43(27-32(3)4)47-49(36-20-12-9-13-21-36)60(53(47)66)29-45(62)68-7/h8-25,31-34,41-43,46-49H,26-30H2,1-7H3,(H,55,61)(H,56,67)(H,57,63)(H,58,64)/t33-,34-,42-,43-,46+,47+,48+,49+/m0/s1. The number of amides is 6. The van der Waals surface area contributed by atoms with E-state index in [1.54, 1.807) is 13.8 Å². The van der Waals surface area contributed by atoms with Crippen molar-refractivity contribution in [1.29, 1.82) is 0 Å². The molecule has 1 aliphatic carbocycles. The lowest BCUT2D eigenvalue weighted by Gasteiger charge is -2.50. The molecule has 15 nitrogen and oxygen atoms in total. The first-order valence-electron chi connectivity index (χ1n) is 23.9. The Morgan fingerprint density at radius 1 is 0.551 bits per heavy atom. The number of methoxy groups -OCH3 is 1. The predicted octanol–water partition coefficient (Wildman–Crippen LogP) is 6.05. The maximum absolute atomic E-state index is 14.3. The fraction of sp³-hybridized carbons (Fsp3) is 0.426. The third-order valence-corrected chi connectivity index (χ3v) is 13.4. The van der Waals surface area contributed by atoms with Crippen molar-refractivity contribution in [2.75, 3.05) is 26.8 Å². The third-order valence-electron chi connectivity index (χ3n) is 13.4. The number of hydrogen-bond acceptors (Lipinski definition) is 9. The minimum Gasteiger partial charge on any atom is -0.468 e. The minimum absolute atomic E-state index is 0.0651. The van der Waals surface area contributed by atoms with Crippen LogP contribution in [0.2, 0.25) is 0 Å². The number of rotatable bonds is 20. The van der Waals surface area contributed by atoms with E-state index < -0.39 is 77.9 Å². The number of fused-ring (bicyclic) bond motifs is 3. The zero-order chi connectivity index (χ0) is 49.5. The SMILES string of the molecule is COC(=O)CN1C(=O)[C@H]([C@H](CC(C)C)NC(=O)[C@H](C)NC(=O)CN2C(=O)[C@H]([C@H](CC(C)C)NC(=O)[C@H](C)NC(=O)OCC3c4ccccc4-c4ccccc43)[C@H]2c2ccccc2)[C@H]1c1ccccc1. The number of nitrogens with zero attached hydrogens (tertiary/aromatic N) is 2. The Labute approximate surface area is 404 Å². The lowest BCUT2D eigenvalue weighted by Crippen LogP contribution is -2.65. The molecule has 15 heteroatoms. The van der Waals surface area contributed by atoms with Gasteiger partial charge in [-0.15, -0.1) is 0 Å². The molecule has 2 fully saturated rings. The van der Waals surface area contributed by atoms with E-state index in [4.69, 9.17) is 9.47 Å². The van der Waals surface area contributed by atoms with Gasteiger partial charge in [0.05, 0.1) is 31.0 Å². The van der Waals surface area contributed by atoms with Crippen molar-refractivity contribution in [2.45, 2.75) is 96.6 Å². The van der Waals surface area contributed by atoms with Crippen LogP contribution in [-0.4, -0.2) is 102 Å². The van der Waals surface area contributed by atoms with Crippen molar-refractivity contribution in [1.82, 2.24) is 31.1 Å². The van der Waals surface area contributed by atoms with Gasteiger partial charge < -0.3 is 40.5 Å². The van der Waals surface area contributed by atoms with Crippen LogP contribution in [-0.2, 0) is 38.2 Å². The number of alkyl carbamates (subject to hydrolysis) is 1. The van der Waals surface area contributed by atoms with Crippen molar-refractivity contribution < 1.29 is 43.0 Å². The zero-order valence-electron chi connectivity index (χ0n) is 40.3. The number of hydrogen-bond donors (Lipinski definition) is 4. The molecule has 364 valence electrons. The van der Waals surface area contributed by atoms with Crippen molar-refractivity contribution >= 4 is 41.6 Å². The number of esters is 1. The second-order valence-electron chi connectivity index (χ2n) is 19.2. The van der Waals surface area contributed by atoms with Crippen molar-refractivity contribution in [2.24, 2.45) is 23.7 Å². The molecule has 8 atom stereocenters. The highest BCUT2D eigenvalue weighted by Crippen LogP contribution is 2.46. The zero-order valence-corrected chi connectivity index (χ0v) is 40.3. The Morgan fingerprint density at radius 3 is 1.42 bits per heavy atom. The molecule has 69 heavy (non-hydrogen) atoms. The van der Waals surface area contributed by atoms with Gasteiger partial charge in [0.1, 0.15) is 31.8 Å². The second-order valence-corrected chi connectivity index (χ2v) is 19.2. The lowest BCUT2D eigenvalue weighted by atomic mass is 9.75. The van der Waals surface area contributed by atoms with Gasteiger partial charge in [-0.2, -0.15) is 0 Å². The van der Waals surface area contributed by atoms with Gasteiger partial charge >= 0.3 is 12.1 Å². The summed E-state index contributed by atoms with van der Waals surface area (Å²) in [5.74, 6) is -4.15. The summed E-state index contributed by atoms with van der Waals surface area (Å²) in [5, 5.41) is 11.5. The monoisotopic (exact) mass is 940 g/mol. The molecule has 2 heterocycles. The van der Waals surface area contributed by atoms with Gasteiger partial charge in [-0.05, 0) is 71.9 Å². The number of benzene rings is 4. The van der Waals surface area contributed by atoms with Crippen LogP contribution in [0.15, 0.2) is 109 Å². The molecule has 2 saturated heterocycles. The molecular weight excluding hydrogens is 877 g/mol. The number of nitrogens with one attached hydrogen (secondary N) is 4. The van der Waals surface area contributed by atoms with Gasteiger partial charge in [0.15, 0.2) is 0 Å². The van der Waals surface area contributed by atoms with Gasteiger partial charge in [0.25, 0.3) is 0 Å². The van der Waals surface area contributed by atoms with Crippen molar-refractivity contribution in [3.05, 3.63) is 131 Å². The van der Waals surface area contributed by atoms with Crippen molar-refractivity contribution in [3.8, 4) is 11.1 Å². The van der Waals surface area contributed by atoms with Gasteiger partial charge in [-0.25, -0.2) is 4.79 Å². The maximum atomic E-state index is 14.3. The summed E-state index contributed by atoms with van der Waals surface area (Å²) in [6, 6.07) is 30.2. The molecule has 4 aromatic carbocycles. The first-order valence-corrected chi connectivity index (χ1v) is 23.9. The summed E-state index contributed by atoms with van der Waals surface area (Å²) in [4.78, 5) is 97.8. The molecular formula is C54H64N6O9. The van der Waals surface area contributed by atoms with Crippen molar-refractivity contribution in [3.63, 3.8) is 0 Å². The summed E-state index contributed by atoms with van der Waals surface area (Å²) < 4.78 is 10.6. The van der Waals surface area contributed by atoms with Gasteiger partial charge in [-0.1, -0.05) is 137 Å². The van der Waals surface area contributed by atoms with E-state index >= 15 is 0 Å². The maximum Gasteiger partial charge on any atom is 0.407 e. The first-order chi connectivity index (χ1) is 33.1. The molecule has 0 aromatic heterocycles. The first kappa shape index (κ1) is 49.9. The quantitative estimate of drug-likeness (QED) is 0.0603. The Kier molecular flexibility index (Phi) is 15.9. The van der Waals surface area contributed by atoms with Crippen LogP contribution in [0.5, 0.6) is 0 Å². The van der Waals surface area contributed by atoms with Crippen LogP contribution < -0.4 is 21.3 Å². The van der Waals surface area contributed by atoms with E-state index in [0.717, 1.165) is 33.4 Å². The third kappa shape index (κ3) is 11.1. The Morgan fingerprint density at radius 2 is 0.971 bits per heavy atom. The molecule has 2 aliphatic heterocycles. The van der Waals surface area contributed by atoms with E-state index in [9.17, 15) is 33.6 Å². The van der Waals surface area contributed by atoms with Crippen LogP contribution in [0.4, 0.5) is 4.79 Å². The van der Waals surface area contributed by atoms with Crippen LogP contribution >= 0.6 is 0 Å². The number of carbonyl (C=O) groups is 7. The van der Waals surface area contributed by atoms with E-state index in [0.29, 0.717) is 12.8 Å². The highest BCUT2D eigenvalue weighted by Gasteiger charge is 2.54. The molecule has 7 rings (SSSR count). The topological polar surface area (TPSA) is 193 Å². The second kappa shape index (κ2) is 21.9. The van der Waals surface area contributed by atoms with Gasteiger partial charge in [-0.3, -0.25) is 28.8 Å². The van der Waals surface area contributed by atoms with Crippen LogP contribution in [0.25, 0.3) is 11.1 Å². The summed E-state index contributed by atoms with van der Waals surface area (Å²) in [5.41, 5.74) is 5.91. The van der Waals surface area contributed by atoms with Gasteiger partial charge in [0.2, 0.25) is 29.5 Å². The molecule has 3 aliphatic rings. The Balaban J connectivity index is 0.985. The summed E-state index contributed by atoms with van der Waals surface area (Å²) in [6.07, 6.45) is 0.152. The predicted molar refractivity (Wildman–Crippen MR) is 259 cm³/mol. The van der Waals surface area contributed by atoms with Gasteiger partial charge in [0, 0.05) is 18.0 Å². The highest BCUT2D eigenvalue weighted by molar-refractivity contribution is 5.95. The fourth-order valence-electron chi connectivity index (χ4n) is 10.2. The number of likely N-dealkylation sites (tertiary alicyclic amines) is 2. The molecule has 0 spiro atoms. The smallest absolute Gasteiger partial charge is 0.407 e. The van der Waals surface area contributed by atoms with E-state index in [2.05, 4.69) is 33.4 Å². The fourth-order valence-corrected chi connectivity index (χ4v) is 10.2. The Hall–Kier alpha value is -7.03. The number of carbonyl (C=O) groups excluding carboxylic acids is 7. The largest absolute Gasteiger partial charge is 0.468 e.